The molecule has 0 aliphatic carbocycles. The predicted molar refractivity (Wildman–Crippen MR) is 73.5 cm³/mol. The van der Waals surface area contributed by atoms with Crippen molar-refractivity contribution in [2.45, 2.75) is 33.0 Å². The SMILES string of the molecule is CCCn1nccc1CNCc1ccn(C)n1.Cl. The Morgan fingerprint density at radius 2 is 2.11 bits per heavy atom. The number of halogens is 1. The smallest absolute Gasteiger partial charge is 0.0762 e. The van der Waals surface area contributed by atoms with Crippen molar-refractivity contribution in [2.75, 3.05) is 0 Å². The highest BCUT2D eigenvalue weighted by Crippen LogP contribution is 2.01. The van der Waals surface area contributed by atoms with E-state index in [1.807, 2.05) is 34.9 Å². The van der Waals surface area contributed by atoms with E-state index < -0.39 is 0 Å². The molecule has 5 nitrogen and oxygen atoms in total. The third-order valence-corrected chi connectivity index (χ3v) is 2.62. The summed E-state index contributed by atoms with van der Waals surface area (Å²) in [5, 5.41) is 12.0. The van der Waals surface area contributed by atoms with E-state index in [-0.39, 0.29) is 12.4 Å². The van der Waals surface area contributed by atoms with Gasteiger partial charge in [-0.15, -0.1) is 12.4 Å². The van der Waals surface area contributed by atoms with Crippen molar-refractivity contribution in [1.82, 2.24) is 24.9 Å². The van der Waals surface area contributed by atoms with Gasteiger partial charge in [0.25, 0.3) is 0 Å². The Morgan fingerprint density at radius 1 is 1.28 bits per heavy atom. The average molecular weight is 270 g/mol. The van der Waals surface area contributed by atoms with Crippen LogP contribution in [-0.4, -0.2) is 19.6 Å². The monoisotopic (exact) mass is 269 g/mol. The van der Waals surface area contributed by atoms with Gasteiger partial charge in [0.2, 0.25) is 0 Å². The molecule has 2 aromatic heterocycles. The first kappa shape index (κ1) is 14.7. The fourth-order valence-corrected chi connectivity index (χ4v) is 1.80. The van der Waals surface area contributed by atoms with Crippen LogP contribution in [0.3, 0.4) is 0 Å². The Morgan fingerprint density at radius 3 is 2.78 bits per heavy atom. The first-order valence-corrected chi connectivity index (χ1v) is 5.99. The van der Waals surface area contributed by atoms with Gasteiger partial charge in [0.05, 0.1) is 11.4 Å². The zero-order valence-electron chi connectivity index (χ0n) is 10.8. The van der Waals surface area contributed by atoms with Crippen molar-refractivity contribution in [3.05, 3.63) is 35.9 Å². The Hall–Kier alpha value is -1.33. The topological polar surface area (TPSA) is 47.7 Å². The number of aryl methyl sites for hydroxylation is 2. The summed E-state index contributed by atoms with van der Waals surface area (Å²) in [7, 11) is 1.93. The molecule has 0 saturated carbocycles. The second-order valence-electron chi connectivity index (χ2n) is 4.13. The van der Waals surface area contributed by atoms with E-state index >= 15 is 0 Å². The summed E-state index contributed by atoms with van der Waals surface area (Å²) in [5.74, 6) is 0. The minimum atomic E-state index is 0. The molecule has 0 amide bonds. The second-order valence-corrected chi connectivity index (χ2v) is 4.13. The van der Waals surface area contributed by atoms with Gasteiger partial charge in [-0.25, -0.2) is 0 Å². The summed E-state index contributed by atoms with van der Waals surface area (Å²) in [6.07, 6.45) is 4.92. The molecule has 2 heterocycles. The van der Waals surface area contributed by atoms with Crippen LogP contribution in [0.25, 0.3) is 0 Å². The summed E-state index contributed by atoms with van der Waals surface area (Å²) in [5.41, 5.74) is 2.29. The maximum atomic E-state index is 4.32. The molecule has 0 spiro atoms. The van der Waals surface area contributed by atoms with Crippen LogP contribution in [-0.2, 0) is 26.7 Å². The van der Waals surface area contributed by atoms with Gasteiger partial charge in [-0.3, -0.25) is 9.36 Å². The van der Waals surface area contributed by atoms with Gasteiger partial charge in [-0.1, -0.05) is 6.92 Å². The van der Waals surface area contributed by atoms with Gasteiger partial charge in [0.15, 0.2) is 0 Å². The van der Waals surface area contributed by atoms with E-state index in [2.05, 4.69) is 28.5 Å². The van der Waals surface area contributed by atoms with Gasteiger partial charge in [0.1, 0.15) is 0 Å². The maximum absolute atomic E-state index is 4.32. The molecule has 100 valence electrons. The van der Waals surface area contributed by atoms with Crippen molar-refractivity contribution in [1.29, 1.82) is 0 Å². The quantitative estimate of drug-likeness (QED) is 0.869. The fraction of sp³-hybridized carbons (Fsp3) is 0.500. The lowest BCUT2D eigenvalue weighted by Gasteiger charge is -2.06. The van der Waals surface area contributed by atoms with Crippen molar-refractivity contribution < 1.29 is 0 Å². The molecule has 0 aliphatic rings. The predicted octanol–water partition coefficient (Wildman–Crippen LogP) is 1.74. The lowest BCUT2D eigenvalue weighted by atomic mass is 10.3. The normalized spacial score (nSPS) is 10.3. The zero-order valence-corrected chi connectivity index (χ0v) is 11.7. The molecule has 0 fully saturated rings. The number of hydrogen-bond donors (Lipinski definition) is 1. The van der Waals surface area contributed by atoms with Crippen molar-refractivity contribution in [3.63, 3.8) is 0 Å². The Balaban J connectivity index is 0.00000162. The van der Waals surface area contributed by atoms with E-state index in [0.717, 1.165) is 31.7 Å². The van der Waals surface area contributed by atoms with Crippen LogP contribution in [0, 0.1) is 0 Å². The highest BCUT2D eigenvalue weighted by molar-refractivity contribution is 5.85. The van der Waals surface area contributed by atoms with Gasteiger partial charge in [-0.2, -0.15) is 10.2 Å². The van der Waals surface area contributed by atoms with E-state index in [4.69, 9.17) is 0 Å². The standard InChI is InChI=1S/C12H19N5.ClH/c1-3-7-17-12(4-6-14-17)10-13-9-11-5-8-16(2)15-11;/h4-6,8,13H,3,7,9-10H2,1-2H3;1H. The van der Waals surface area contributed by atoms with E-state index in [9.17, 15) is 0 Å². The number of hydrogen-bond acceptors (Lipinski definition) is 3. The van der Waals surface area contributed by atoms with Crippen LogP contribution in [0.1, 0.15) is 24.7 Å². The second kappa shape index (κ2) is 7.18. The molecule has 0 aliphatic heterocycles. The van der Waals surface area contributed by atoms with Crippen LogP contribution < -0.4 is 5.32 Å². The van der Waals surface area contributed by atoms with Gasteiger partial charge in [-0.05, 0) is 18.6 Å². The molecular weight excluding hydrogens is 250 g/mol. The lowest BCUT2D eigenvalue weighted by molar-refractivity contribution is 0.546. The Bertz CT molecular complexity index is 462. The fourth-order valence-electron chi connectivity index (χ4n) is 1.80. The summed E-state index contributed by atoms with van der Waals surface area (Å²) in [6, 6.07) is 4.08. The third kappa shape index (κ3) is 3.85. The molecule has 0 unspecified atom stereocenters. The zero-order chi connectivity index (χ0) is 12.1. The summed E-state index contributed by atoms with van der Waals surface area (Å²) >= 11 is 0. The van der Waals surface area contributed by atoms with Crippen LogP contribution in [0.15, 0.2) is 24.5 Å². The van der Waals surface area contributed by atoms with Crippen molar-refractivity contribution in [3.8, 4) is 0 Å². The van der Waals surface area contributed by atoms with E-state index in [1.54, 1.807) is 0 Å². The Kier molecular flexibility index (Phi) is 5.88. The van der Waals surface area contributed by atoms with Gasteiger partial charge < -0.3 is 5.32 Å². The highest BCUT2D eigenvalue weighted by atomic mass is 35.5. The molecule has 2 rings (SSSR count). The summed E-state index contributed by atoms with van der Waals surface area (Å²) in [6.45, 7) is 4.76. The molecule has 18 heavy (non-hydrogen) atoms. The molecule has 0 bridgehead atoms. The minimum absolute atomic E-state index is 0. The molecule has 0 aromatic carbocycles. The van der Waals surface area contributed by atoms with Crippen LogP contribution >= 0.6 is 12.4 Å². The largest absolute Gasteiger partial charge is 0.305 e. The summed E-state index contributed by atoms with van der Waals surface area (Å²) < 4.78 is 3.86. The lowest BCUT2D eigenvalue weighted by Crippen LogP contribution is -2.16. The average Bonchev–Trinajstić information content (AvgIpc) is 2.90. The number of nitrogens with zero attached hydrogens (tertiary/aromatic N) is 4. The number of nitrogens with one attached hydrogen (secondary N) is 1. The molecular formula is C12H20ClN5. The number of rotatable bonds is 6. The third-order valence-electron chi connectivity index (χ3n) is 2.62. The number of aromatic nitrogens is 4. The van der Waals surface area contributed by atoms with Crippen molar-refractivity contribution >= 4 is 12.4 Å². The van der Waals surface area contributed by atoms with Gasteiger partial charge >= 0.3 is 0 Å². The first-order chi connectivity index (χ1) is 8.29. The molecule has 0 saturated heterocycles. The van der Waals surface area contributed by atoms with E-state index in [1.165, 1.54) is 5.69 Å². The molecule has 0 atom stereocenters. The van der Waals surface area contributed by atoms with E-state index in [0.29, 0.717) is 0 Å². The highest BCUT2D eigenvalue weighted by Gasteiger charge is 2.01. The first-order valence-electron chi connectivity index (χ1n) is 5.99. The van der Waals surface area contributed by atoms with Crippen LogP contribution in [0.5, 0.6) is 0 Å². The Labute approximate surface area is 114 Å². The molecule has 1 N–H and O–H groups in total. The molecule has 6 heteroatoms. The minimum Gasteiger partial charge on any atom is -0.305 e. The van der Waals surface area contributed by atoms with Crippen LogP contribution in [0.2, 0.25) is 0 Å². The molecule has 2 aromatic rings. The summed E-state index contributed by atoms with van der Waals surface area (Å²) in [4.78, 5) is 0. The van der Waals surface area contributed by atoms with Gasteiger partial charge in [0, 0.05) is 39.1 Å². The van der Waals surface area contributed by atoms with Crippen molar-refractivity contribution in [2.24, 2.45) is 7.05 Å². The molecule has 0 radical (unpaired) electrons. The van der Waals surface area contributed by atoms with Crippen LogP contribution in [0.4, 0.5) is 0 Å². The maximum Gasteiger partial charge on any atom is 0.0762 e.